The van der Waals surface area contributed by atoms with Gasteiger partial charge in [-0.1, -0.05) is 198 Å². The second-order valence-electron chi connectivity index (χ2n) is 15.7. The van der Waals surface area contributed by atoms with Crippen molar-refractivity contribution in [1.29, 1.82) is 0 Å². The predicted molar refractivity (Wildman–Crippen MR) is 233 cm³/mol. The van der Waals surface area contributed by atoms with Crippen LogP contribution >= 0.6 is 0 Å². The highest BCUT2D eigenvalue weighted by molar-refractivity contribution is 5.71. The van der Waals surface area contributed by atoms with E-state index in [-0.39, 0.29) is 31.1 Å². The Bertz CT molecular complexity index is 938. The van der Waals surface area contributed by atoms with Crippen LogP contribution in [0, 0.1) is 0 Å². The van der Waals surface area contributed by atoms with Crippen molar-refractivity contribution in [3.63, 3.8) is 0 Å². The highest BCUT2D eigenvalue weighted by Crippen LogP contribution is 2.14. The molecule has 6 heteroatoms. The molecule has 0 fully saturated rings. The van der Waals surface area contributed by atoms with E-state index in [4.69, 9.17) is 14.2 Å². The van der Waals surface area contributed by atoms with Gasteiger partial charge in [-0.25, -0.2) is 0 Å². The molecule has 0 spiro atoms. The molecule has 0 aromatic rings. The van der Waals surface area contributed by atoms with Gasteiger partial charge in [-0.15, -0.1) is 0 Å². The summed E-state index contributed by atoms with van der Waals surface area (Å²) in [7, 11) is 0. The maximum atomic E-state index is 12.6. The molecule has 0 amide bonds. The fraction of sp³-hybridized carbons (Fsp3) is 0.816. The summed E-state index contributed by atoms with van der Waals surface area (Å²) in [6, 6.07) is 0. The summed E-state index contributed by atoms with van der Waals surface area (Å²) in [6.07, 6.45) is 50.2. The summed E-state index contributed by atoms with van der Waals surface area (Å²) in [5, 5.41) is 0. The molecule has 0 saturated heterocycles. The first-order valence-electron chi connectivity index (χ1n) is 23.5. The number of allylic oxidation sites excluding steroid dienone is 6. The van der Waals surface area contributed by atoms with Crippen LogP contribution in [-0.4, -0.2) is 37.2 Å². The number of hydrogen-bond acceptors (Lipinski definition) is 6. The lowest BCUT2D eigenvalue weighted by atomic mass is 10.1. The summed E-state index contributed by atoms with van der Waals surface area (Å²) in [4.78, 5) is 37.4. The van der Waals surface area contributed by atoms with Crippen LogP contribution in [0.1, 0.15) is 239 Å². The molecular weight excluding hydrogens is 685 g/mol. The number of carbonyl (C=O) groups is 3. The SMILES string of the molecule is CCCCCCC/C=C\C/C=C\C/C=C\CCCCCCCCCCC(=O)OCC(COC(=O)CCCCCCCCC)OC(=O)CCCCCCCCC. The zero-order chi connectivity index (χ0) is 40.1. The Hall–Kier alpha value is -2.37. The lowest BCUT2D eigenvalue weighted by molar-refractivity contribution is -0.167. The van der Waals surface area contributed by atoms with Gasteiger partial charge in [0.25, 0.3) is 0 Å². The molecule has 1 unspecified atom stereocenters. The van der Waals surface area contributed by atoms with Gasteiger partial charge in [-0.05, 0) is 57.8 Å². The molecule has 0 radical (unpaired) electrons. The largest absolute Gasteiger partial charge is 0.462 e. The molecule has 0 heterocycles. The fourth-order valence-corrected chi connectivity index (χ4v) is 6.57. The van der Waals surface area contributed by atoms with Gasteiger partial charge in [0, 0.05) is 19.3 Å². The molecule has 55 heavy (non-hydrogen) atoms. The second-order valence-corrected chi connectivity index (χ2v) is 15.7. The molecule has 0 aromatic heterocycles. The van der Waals surface area contributed by atoms with E-state index in [0.29, 0.717) is 19.3 Å². The summed E-state index contributed by atoms with van der Waals surface area (Å²) in [6.45, 7) is 6.53. The van der Waals surface area contributed by atoms with Crippen LogP contribution in [0.5, 0.6) is 0 Å². The van der Waals surface area contributed by atoms with Crippen LogP contribution in [0.3, 0.4) is 0 Å². The maximum absolute atomic E-state index is 12.6. The van der Waals surface area contributed by atoms with Gasteiger partial charge in [0.1, 0.15) is 13.2 Å². The molecule has 0 bridgehead atoms. The molecule has 0 aliphatic heterocycles. The zero-order valence-electron chi connectivity index (χ0n) is 36.4. The van der Waals surface area contributed by atoms with E-state index in [0.717, 1.165) is 77.0 Å². The number of carbonyl (C=O) groups excluding carboxylic acids is 3. The third kappa shape index (κ3) is 42.6. The summed E-state index contributed by atoms with van der Waals surface area (Å²) >= 11 is 0. The van der Waals surface area contributed by atoms with Crippen LogP contribution in [0.25, 0.3) is 0 Å². The van der Waals surface area contributed by atoms with Gasteiger partial charge in [0.15, 0.2) is 6.10 Å². The van der Waals surface area contributed by atoms with Crippen LogP contribution in [0.4, 0.5) is 0 Å². The van der Waals surface area contributed by atoms with Crippen molar-refractivity contribution in [2.75, 3.05) is 13.2 Å². The molecule has 6 nitrogen and oxygen atoms in total. The van der Waals surface area contributed by atoms with Crippen LogP contribution in [0.15, 0.2) is 36.5 Å². The minimum absolute atomic E-state index is 0.0730. The van der Waals surface area contributed by atoms with E-state index < -0.39 is 6.10 Å². The topological polar surface area (TPSA) is 78.9 Å². The van der Waals surface area contributed by atoms with Crippen molar-refractivity contribution < 1.29 is 28.6 Å². The van der Waals surface area contributed by atoms with E-state index in [9.17, 15) is 14.4 Å². The molecule has 0 N–H and O–H groups in total. The Balaban J connectivity index is 4.10. The van der Waals surface area contributed by atoms with E-state index in [1.807, 2.05) is 0 Å². The van der Waals surface area contributed by atoms with Crippen LogP contribution < -0.4 is 0 Å². The first-order valence-corrected chi connectivity index (χ1v) is 23.5. The highest BCUT2D eigenvalue weighted by Gasteiger charge is 2.19. The maximum Gasteiger partial charge on any atom is 0.306 e. The Morgan fingerprint density at radius 2 is 0.655 bits per heavy atom. The third-order valence-electron chi connectivity index (χ3n) is 10.1. The lowest BCUT2D eigenvalue weighted by Gasteiger charge is -2.18. The molecule has 0 aromatic carbocycles. The van der Waals surface area contributed by atoms with Crippen molar-refractivity contribution in [1.82, 2.24) is 0 Å². The molecular formula is C49H88O6. The van der Waals surface area contributed by atoms with Crippen molar-refractivity contribution in [2.45, 2.75) is 245 Å². The fourth-order valence-electron chi connectivity index (χ4n) is 6.57. The van der Waals surface area contributed by atoms with Crippen molar-refractivity contribution in [3.8, 4) is 0 Å². The average Bonchev–Trinajstić information content (AvgIpc) is 3.18. The van der Waals surface area contributed by atoms with Gasteiger partial charge in [0.05, 0.1) is 0 Å². The molecule has 0 aliphatic rings. The number of ether oxygens (including phenoxy) is 3. The monoisotopic (exact) mass is 773 g/mol. The summed E-state index contributed by atoms with van der Waals surface area (Å²) in [5.74, 6) is -0.892. The summed E-state index contributed by atoms with van der Waals surface area (Å²) < 4.78 is 16.6. The van der Waals surface area contributed by atoms with Crippen LogP contribution in [-0.2, 0) is 28.6 Å². The molecule has 0 saturated carbocycles. The third-order valence-corrected chi connectivity index (χ3v) is 10.1. The van der Waals surface area contributed by atoms with Gasteiger partial charge in [0.2, 0.25) is 0 Å². The molecule has 0 rings (SSSR count). The standard InChI is InChI=1S/C49H88O6/c1-4-7-10-13-16-17-18-19-20-21-22-23-24-25-26-27-28-29-30-31-34-36-39-42-48(51)54-45-46(55-49(52)43-40-37-33-15-12-9-6-3)44-53-47(50)41-38-35-32-14-11-8-5-2/h18-19,21-22,24-25,46H,4-17,20,23,26-45H2,1-3H3/b19-18-,22-21-,25-24-. The Morgan fingerprint density at radius 3 is 1.02 bits per heavy atom. The Labute approximate surface area is 340 Å². The normalized spacial score (nSPS) is 12.3. The van der Waals surface area contributed by atoms with Crippen molar-refractivity contribution in [2.24, 2.45) is 0 Å². The van der Waals surface area contributed by atoms with E-state index in [1.165, 1.54) is 122 Å². The van der Waals surface area contributed by atoms with E-state index >= 15 is 0 Å². The van der Waals surface area contributed by atoms with Gasteiger partial charge in [-0.3, -0.25) is 14.4 Å². The lowest BCUT2D eigenvalue weighted by Crippen LogP contribution is -2.30. The minimum Gasteiger partial charge on any atom is -0.462 e. The Kier molecular flexibility index (Phi) is 42.4. The van der Waals surface area contributed by atoms with Crippen molar-refractivity contribution in [3.05, 3.63) is 36.5 Å². The Morgan fingerprint density at radius 1 is 0.364 bits per heavy atom. The quantitative estimate of drug-likeness (QED) is 0.0266. The molecule has 1 atom stereocenters. The predicted octanol–water partition coefficient (Wildman–Crippen LogP) is 15.0. The number of unbranched alkanes of at least 4 members (excludes halogenated alkanes) is 25. The van der Waals surface area contributed by atoms with Gasteiger partial charge in [-0.2, -0.15) is 0 Å². The molecule has 0 aliphatic carbocycles. The van der Waals surface area contributed by atoms with E-state index in [1.54, 1.807) is 0 Å². The van der Waals surface area contributed by atoms with Gasteiger partial charge >= 0.3 is 17.9 Å². The first-order chi connectivity index (χ1) is 27.0. The minimum atomic E-state index is -0.765. The number of esters is 3. The number of hydrogen-bond donors (Lipinski definition) is 0. The van der Waals surface area contributed by atoms with Gasteiger partial charge < -0.3 is 14.2 Å². The zero-order valence-corrected chi connectivity index (χ0v) is 36.4. The van der Waals surface area contributed by atoms with Crippen LogP contribution in [0.2, 0.25) is 0 Å². The highest BCUT2D eigenvalue weighted by atomic mass is 16.6. The summed E-state index contributed by atoms with van der Waals surface area (Å²) in [5.41, 5.74) is 0. The smallest absolute Gasteiger partial charge is 0.306 e. The van der Waals surface area contributed by atoms with E-state index in [2.05, 4.69) is 57.2 Å². The second kappa shape index (κ2) is 44.3. The van der Waals surface area contributed by atoms with Crippen molar-refractivity contribution >= 4 is 17.9 Å². The molecule has 320 valence electrons. The average molecular weight is 773 g/mol. The number of rotatable bonds is 42. The first kappa shape index (κ1) is 52.6.